The minimum Gasteiger partial charge on any atom is -0.497 e. The first-order valence-corrected chi connectivity index (χ1v) is 9.62. The van der Waals surface area contributed by atoms with Crippen molar-refractivity contribution in [1.29, 1.82) is 0 Å². The predicted octanol–water partition coefficient (Wildman–Crippen LogP) is 1.09. The minimum absolute atomic E-state index is 0.0418. The zero-order valence-electron chi connectivity index (χ0n) is 14.3. The maximum atomic E-state index is 12.9. The summed E-state index contributed by atoms with van der Waals surface area (Å²) in [7, 11) is -2.06. The van der Waals surface area contributed by atoms with Crippen molar-refractivity contribution < 1.29 is 23.1 Å². The summed E-state index contributed by atoms with van der Waals surface area (Å²) in [4.78, 5) is 11.1. The Hall–Kier alpha value is -2.46. The fourth-order valence-electron chi connectivity index (χ4n) is 3.04. The smallest absolute Gasteiger partial charge is 0.358 e. The van der Waals surface area contributed by atoms with Gasteiger partial charge in [-0.05, 0) is 43.0 Å². The van der Waals surface area contributed by atoms with Crippen molar-refractivity contribution >= 4 is 16.0 Å². The molecule has 1 saturated heterocycles. The van der Waals surface area contributed by atoms with E-state index in [0.29, 0.717) is 25.4 Å². The van der Waals surface area contributed by atoms with E-state index in [1.54, 1.807) is 12.1 Å². The molecule has 10 heteroatoms. The van der Waals surface area contributed by atoms with Gasteiger partial charge in [-0.2, -0.15) is 4.31 Å². The monoisotopic (exact) mass is 380 g/mol. The fraction of sp³-hybridized carbons (Fsp3) is 0.438. The van der Waals surface area contributed by atoms with Crippen LogP contribution in [-0.4, -0.2) is 59.0 Å². The molecule has 0 spiro atoms. The molecule has 26 heavy (non-hydrogen) atoms. The second kappa shape index (κ2) is 7.42. The van der Waals surface area contributed by atoms with Gasteiger partial charge in [0.1, 0.15) is 5.75 Å². The molecule has 0 radical (unpaired) electrons. The van der Waals surface area contributed by atoms with Crippen molar-refractivity contribution in [2.75, 3.05) is 20.2 Å². The normalized spacial score (nSPS) is 18.6. The zero-order chi connectivity index (χ0) is 18.7. The lowest BCUT2D eigenvalue weighted by atomic mass is 10.00. The van der Waals surface area contributed by atoms with Crippen molar-refractivity contribution in [1.82, 2.24) is 19.3 Å². The van der Waals surface area contributed by atoms with Gasteiger partial charge in [0, 0.05) is 19.6 Å². The summed E-state index contributed by atoms with van der Waals surface area (Å²) < 4.78 is 33.7. The molecule has 1 atom stereocenters. The highest BCUT2D eigenvalue weighted by Crippen LogP contribution is 2.25. The molecule has 1 fully saturated rings. The SMILES string of the molecule is COc1ccc(S(=O)(=O)N2CCCC(Cn3cc(C(=O)O)nn3)C2)cc1. The Morgan fingerprint density at radius 2 is 2.08 bits per heavy atom. The van der Waals surface area contributed by atoms with Crippen LogP contribution in [0.3, 0.4) is 0 Å². The molecule has 1 aliphatic heterocycles. The van der Waals surface area contributed by atoms with Crippen LogP contribution in [0.4, 0.5) is 0 Å². The summed E-state index contributed by atoms with van der Waals surface area (Å²) in [6.45, 7) is 1.24. The average Bonchev–Trinajstić information content (AvgIpc) is 3.11. The molecule has 1 N–H and O–H groups in total. The quantitative estimate of drug-likeness (QED) is 0.797. The fourth-order valence-corrected chi connectivity index (χ4v) is 4.60. The number of benzene rings is 1. The average molecular weight is 380 g/mol. The summed E-state index contributed by atoms with van der Waals surface area (Å²) >= 11 is 0. The number of hydrogen-bond acceptors (Lipinski definition) is 6. The molecule has 0 amide bonds. The molecule has 9 nitrogen and oxygen atoms in total. The van der Waals surface area contributed by atoms with E-state index < -0.39 is 16.0 Å². The molecule has 2 heterocycles. The molecule has 1 unspecified atom stereocenters. The van der Waals surface area contributed by atoms with Crippen LogP contribution < -0.4 is 4.74 Å². The highest BCUT2D eigenvalue weighted by atomic mass is 32.2. The van der Waals surface area contributed by atoms with Gasteiger partial charge in [-0.25, -0.2) is 13.2 Å². The van der Waals surface area contributed by atoms with E-state index in [1.807, 2.05) is 0 Å². The number of carboxylic acids is 1. The third-order valence-electron chi connectivity index (χ3n) is 4.38. The number of methoxy groups -OCH3 is 1. The van der Waals surface area contributed by atoms with E-state index >= 15 is 0 Å². The van der Waals surface area contributed by atoms with Crippen molar-refractivity contribution in [3.05, 3.63) is 36.2 Å². The van der Waals surface area contributed by atoms with Crippen LogP contribution in [0, 0.1) is 5.92 Å². The number of ether oxygens (including phenoxy) is 1. The van der Waals surface area contributed by atoms with Gasteiger partial charge < -0.3 is 9.84 Å². The minimum atomic E-state index is -3.58. The third-order valence-corrected chi connectivity index (χ3v) is 6.26. The number of carboxylic acid groups (broad SMARTS) is 1. The predicted molar refractivity (Wildman–Crippen MR) is 91.5 cm³/mol. The second-order valence-electron chi connectivity index (χ2n) is 6.18. The highest BCUT2D eigenvalue weighted by Gasteiger charge is 2.30. The molecule has 2 aromatic rings. The van der Waals surface area contributed by atoms with E-state index in [-0.39, 0.29) is 16.5 Å². The first-order chi connectivity index (χ1) is 12.4. The summed E-state index contributed by atoms with van der Waals surface area (Å²) in [5.41, 5.74) is -0.122. The zero-order valence-corrected chi connectivity index (χ0v) is 15.1. The van der Waals surface area contributed by atoms with Gasteiger partial charge in [0.05, 0.1) is 18.2 Å². The van der Waals surface area contributed by atoms with Gasteiger partial charge in [0.15, 0.2) is 5.69 Å². The van der Waals surface area contributed by atoms with E-state index in [2.05, 4.69) is 10.3 Å². The summed E-state index contributed by atoms with van der Waals surface area (Å²) in [5.74, 6) is -0.496. The Balaban J connectivity index is 1.71. The largest absolute Gasteiger partial charge is 0.497 e. The first-order valence-electron chi connectivity index (χ1n) is 8.18. The van der Waals surface area contributed by atoms with E-state index in [0.717, 1.165) is 12.8 Å². The first kappa shape index (κ1) is 18.3. The maximum absolute atomic E-state index is 12.9. The molecule has 0 saturated carbocycles. The number of hydrogen-bond donors (Lipinski definition) is 1. The lowest BCUT2D eigenvalue weighted by Crippen LogP contribution is -2.41. The standard InChI is InChI=1S/C16H20N4O5S/c1-25-13-4-6-14(7-5-13)26(23,24)20-8-2-3-12(10-20)9-19-11-15(16(21)22)17-18-19/h4-7,11-12H,2-3,8-10H2,1H3,(H,21,22). The molecule has 0 bridgehead atoms. The van der Waals surface area contributed by atoms with Gasteiger partial charge in [-0.1, -0.05) is 5.21 Å². The van der Waals surface area contributed by atoms with Crippen LogP contribution in [-0.2, 0) is 16.6 Å². The summed E-state index contributed by atoms with van der Waals surface area (Å²) in [6.07, 6.45) is 2.94. The van der Waals surface area contributed by atoms with Gasteiger partial charge in [-0.15, -0.1) is 5.10 Å². The van der Waals surface area contributed by atoms with Crippen LogP contribution in [0.5, 0.6) is 5.75 Å². The van der Waals surface area contributed by atoms with Gasteiger partial charge in [-0.3, -0.25) is 4.68 Å². The van der Waals surface area contributed by atoms with Crippen LogP contribution in [0.25, 0.3) is 0 Å². The molecule has 1 aromatic carbocycles. The number of piperidine rings is 1. The number of rotatable bonds is 6. The van der Waals surface area contributed by atoms with Crippen molar-refractivity contribution in [3.8, 4) is 5.75 Å². The van der Waals surface area contributed by atoms with Crippen molar-refractivity contribution in [2.45, 2.75) is 24.3 Å². The number of carbonyl (C=O) groups is 1. The van der Waals surface area contributed by atoms with Crippen molar-refractivity contribution in [3.63, 3.8) is 0 Å². The molecule has 1 aromatic heterocycles. The molecule has 3 rings (SSSR count). The molecular weight excluding hydrogens is 360 g/mol. The summed E-state index contributed by atoms with van der Waals surface area (Å²) in [5, 5.41) is 16.3. The highest BCUT2D eigenvalue weighted by molar-refractivity contribution is 7.89. The maximum Gasteiger partial charge on any atom is 0.358 e. The Bertz CT molecular complexity index is 878. The number of aromatic nitrogens is 3. The molecule has 140 valence electrons. The number of sulfonamides is 1. The van der Waals surface area contributed by atoms with E-state index in [9.17, 15) is 13.2 Å². The van der Waals surface area contributed by atoms with Crippen LogP contribution in [0.1, 0.15) is 23.3 Å². The Morgan fingerprint density at radius 3 is 2.69 bits per heavy atom. The van der Waals surface area contributed by atoms with Crippen LogP contribution in [0.15, 0.2) is 35.4 Å². The lowest BCUT2D eigenvalue weighted by Gasteiger charge is -2.31. The van der Waals surface area contributed by atoms with Gasteiger partial charge >= 0.3 is 5.97 Å². The Morgan fingerprint density at radius 1 is 1.35 bits per heavy atom. The number of nitrogens with zero attached hydrogens (tertiary/aromatic N) is 4. The van der Waals surface area contributed by atoms with Crippen molar-refractivity contribution in [2.24, 2.45) is 5.92 Å². The van der Waals surface area contributed by atoms with E-state index in [4.69, 9.17) is 9.84 Å². The third kappa shape index (κ3) is 3.86. The van der Waals surface area contributed by atoms with E-state index in [1.165, 1.54) is 34.4 Å². The van der Waals surface area contributed by atoms with Gasteiger partial charge in [0.2, 0.25) is 10.0 Å². The second-order valence-corrected chi connectivity index (χ2v) is 8.12. The molecule has 1 aliphatic rings. The number of aromatic carboxylic acids is 1. The van der Waals surface area contributed by atoms with Crippen LogP contribution >= 0.6 is 0 Å². The lowest BCUT2D eigenvalue weighted by molar-refractivity contribution is 0.0690. The molecule has 0 aliphatic carbocycles. The molecular formula is C16H20N4O5S. The van der Waals surface area contributed by atoms with Gasteiger partial charge in [0.25, 0.3) is 0 Å². The van der Waals surface area contributed by atoms with Crippen LogP contribution in [0.2, 0.25) is 0 Å². The Labute approximate surface area is 151 Å². The summed E-state index contributed by atoms with van der Waals surface area (Å²) in [6, 6.07) is 6.32. The Kier molecular flexibility index (Phi) is 5.23. The topological polar surface area (TPSA) is 115 Å².